The second-order valence-electron chi connectivity index (χ2n) is 5.45. The van der Waals surface area contributed by atoms with Crippen molar-refractivity contribution in [3.63, 3.8) is 0 Å². The highest BCUT2D eigenvalue weighted by Crippen LogP contribution is 2.16. The summed E-state index contributed by atoms with van der Waals surface area (Å²) in [5.41, 5.74) is 0.802. The molecule has 0 amide bonds. The molecule has 0 aliphatic rings. The molecule has 0 bridgehead atoms. The summed E-state index contributed by atoms with van der Waals surface area (Å²) in [6.07, 6.45) is 2.85. The Balaban J connectivity index is 2.87. The average molecular weight is 331 g/mol. The fourth-order valence-electron chi connectivity index (χ4n) is 1.91. The summed E-state index contributed by atoms with van der Waals surface area (Å²) in [6.45, 7) is 6.54. The van der Waals surface area contributed by atoms with Gasteiger partial charge in [-0.25, -0.2) is 13.1 Å². The highest BCUT2D eigenvalue weighted by atomic mass is 32.2. The predicted octanol–water partition coefficient (Wildman–Crippen LogP) is 2.60. The molecule has 0 spiro atoms. The highest BCUT2D eigenvalue weighted by molar-refractivity contribution is 7.98. The van der Waals surface area contributed by atoms with Crippen molar-refractivity contribution < 1.29 is 8.42 Å². The van der Waals surface area contributed by atoms with E-state index in [-0.39, 0.29) is 6.04 Å². The Kier molecular flexibility index (Phi) is 7.73. The van der Waals surface area contributed by atoms with Gasteiger partial charge in [0.2, 0.25) is 10.0 Å². The number of sulfonamides is 1. The summed E-state index contributed by atoms with van der Waals surface area (Å²) >= 11 is 1.72. The second kappa shape index (κ2) is 8.78. The molecule has 1 atom stereocenters. The van der Waals surface area contributed by atoms with Gasteiger partial charge in [0.1, 0.15) is 0 Å². The van der Waals surface area contributed by atoms with Gasteiger partial charge in [0, 0.05) is 18.6 Å². The number of nitrogens with one attached hydrogen (secondary N) is 2. The third-order valence-corrected chi connectivity index (χ3v) is 5.41. The van der Waals surface area contributed by atoms with Crippen molar-refractivity contribution >= 4 is 21.8 Å². The summed E-state index contributed by atoms with van der Waals surface area (Å²) in [4.78, 5) is 0.370. The molecule has 0 aliphatic heterocycles. The van der Waals surface area contributed by atoms with E-state index in [1.165, 1.54) is 0 Å². The molecular formula is C15H26N2O2S2. The third-order valence-electron chi connectivity index (χ3n) is 3.07. The van der Waals surface area contributed by atoms with E-state index in [0.717, 1.165) is 17.7 Å². The van der Waals surface area contributed by atoms with Crippen LogP contribution in [0.2, 0.25) is 0 Å². The van der Waals surface area contributed by atoms with E-state index in [4.69, 9.17) is 0 Å². The Morgan fingerprint density at radius 3 is 2.48 bits per heavy atom. The number of hydrogen-bond donors (Lipinski definition) is 2. The predicted molar refractivity (Wildman–Crippen MR) is 91.2 cm³/mol. The lowest BCUT2D eigenvalue weighted by molar-refractivity contribution is 0.550. The van der Waals surface area contributed by atoms with Crippen molar-refractivity contribution in [2.45, 2.75) is 50.7 Å². The average Bonchev–Trinajstić information content (AvgIpc) is 2.42. The molecule has 0 saturated carbocycles. The van der Waals surface area contributed by atoms with Crippen molar-refractivity contribution in [2.24, 2.45) is 0 Å². The van der Waals surface area contributed by atoms with Crippen LogP contribution in [0.15, 0.2) is 29.2 Å². The smallest absolute Gasteiger partial charge is 0.241 e. The molecule has 2 N–H and O–H groups in total. The lowest BCUT2D eigenvalue weighted by atomic mass is 10.2. The van der Waals surface area contributed by atoms with Crippen LogP contribution < -0.4 is 10.0 Å². The van der Waals surface area contributed by atoms with Gasteiger partial charge in [-0.05, 0) is 37.0 Å². The van der Waals surface area contributed by atoms with Gasteiger partial charge < -0.3 is 5.32 Å². The van der Waals surface area contributed by atoms with Crippen molar-refractivity contribution in [1.29, 1.82) is 0 Å². The fraction of sp³-hybridized carbons (Fsp3) is 0.600. The molecule has 0 radical (unpaired) electrons. The van der Waals surface area contributed by atoms with E-state index in [1.807, 2.05) is 39.2 Å². The molecule has 0 aliphatic carbocycles. The molecule has 1 rings (SSSR count). The molecule has 1 aromatic rings. The summed E-state index contributed by atoms with van der Waals surface area (Å²) in [7, 11) is -3.47. The van der Waals surface area contributed by atoms with E-state index < -0.39 is 10.0 Å². The first kappa shape index (κ1) is 18.5. The van der Waals surface area contributed by atoms with E-state index >= 15 is 0 Å². The molecule has 4 nitrogen and oxygen atoms in total. The van der Waals surface area contributed by atoms with Crippen molar-refractivity contribution in [2.75, 3.05) is 12.0 Å². The van der Waals surface area contributed by atoms with Crippen LogP contribution in [-0.2, 0) is 16.6 Å². The number of hydrogen-bond acceptors (Lipinski definition) is 4. The van der Waals surface area contributed by atoms with Crippen molar-refractivity contribution in [1.82, 2.24) is 10.0 Å². The first-order chi connectivity index (χ1) is 9.86. The Bertz CT molecular complexity index is 530. The summed E-state index contributed by atoms with van der Waals surface area (Å²) in [5.74, 6) is 0.945. The molecule has 0 saturated heterocycles. The molecule has 6 heteroatoms. The van der Waals surface area contributed by atoms with Gasteiger partial charge in [0.25, 0.3) is 0 Å². The molecule has 0 aromatic heterocycles. The van der Waals surface area contributed by atoms with Crippen LogP contribution in [0.4, 0.5) is 0 Å². The Labute approximate surface area is 133 Å². The molecule has 0 fully saturated rings. The summed E-state index contributed by atoms with van der Waals surface area (Å²) < 4.78 is 27.8. The van der Waals surface area contributed by atoms with Gasteiger partial charge in [0.05, 0.1) is 4.90 Å². The normalized spacial score (nSPS) is 13.6. The largest absolute Gasteiger partial charge is 0.310 e. The molecular weight excluding hydrogens is 304 g/mol. The zero-order valence-electron chi connectivity index (χ0n) is 13.2. The minimum absolute atomic E-state index is 0.0615. The van der Waals surface area contributed by atoms with Crippen LogP contribution in [0.25, 0.3) is 0 Å². The van der Waals surface area contributed by atoms with Crippen molar-refractivity contribution in [3.05, 3.63) is 29.8 Å². The number of rotatable bonds is 9. The summed E-state index contributed by atoms with van der Waals surface area (Å²) in [6, 6.07) is 7.41. The third kappa shape index (κ3) is 6.38. The van der Waals surface area contributed by atoms with Crippen LogP contribution in [0.3, 0.4) is 0 Å². The quantitative estimate of drug-likeness (QED) is 0.731. The molecule has 1 aromatic carbocycles. The molecule has 120 valence electrons. The number of thioether (sulfide) groups is 1. The minimum Gasteiger partial charge on any atom is -0.310 e. The van der Waals surface area contributed by atoms with Gasteiger partial charge in [0.15, 0.2) is 0 Å². The number of benzene rings is 1. The highest BCUT2D eigenvalue weighted by Gasteiger charge is 2.20. The van der Waals surface area contributed by atoms with Gasteiger partial charge in [-0.1, -0.05) is 32.0 Å². The van der Waals surface area contributed by atoms with Crippen LogP contribution in [0.5, 0.6) is 0 Å². The first-order valence-corrected chi connectivity index (χ1v) is 10.1. The van der Waals surface area contributed by atoms with Crippen LogP contribution >= 0.6 is 11.8 Å². The Hall–Kier alpha value is -0.560. The van der Waals surface area contributed by atoms with E-state index in [9.17, 15) is 8.42 Å². The lowest BCUT2D eigenvalue weighted by Gasteiger charge is -2.17. The summed E-state index contributed by atoms with van der Waals surface area (Å²) in [5, 5.41) is 3.27. The molecule has 21 heavy (non-hydrogen) atoms. The van der Waals surface area contributed by atoms with Crippen LogP contribution in [0.1, 0.15) is 32.8 Å². The standard InChI is InChI=1S/C15H26N2O2S2/c1-12(2)16-11-14-7-5-6-8-15(14)21(18,19)17-13(3)9-10-20-4/h5-8,12-13,16-17H,9-11H2,1-4H3. The maximum absolute atomic E-state index is 12.5. The topological polar surface area (TPSA) is 58.2 Å². The second-order valence-corrected chi connectivity index (χ2v) is 8.12. The maximum Gasteiger partial charge on any atom is 0.241 e. The van der Waals surface area contributed by atoms with Gasteiger partial charge in [-0.15, -0.1) is 0 Å². The Morgan fingerprint density at radius 1 is 1.19 bits per heavy atom. The van der Waals surface area contributed by atoms with Gasteiger partial charge in [-0.2, -0.15) is 11.8 Å². The van der Waals surface area contributed by atoms with Gasteiger partial charge in [-0.3, -0.25) is 0 Å². The van der Waals surface area contributed by atoms with Crippen molar-refractivity contribution in [3.8, 4) is 0 Å². The lowest BCUT2D eigenvalue weighted by Crippen LogP contribution is -2.34. The Morgan fingerprint density at radius 2 is 1.86 bits per heavy atom. The van der Waals surface area contributed by atoms with Gasteiger partial charge >= 0.3 is 0 Å². The van der Waals surface area contributed by atoms with E-state index in [1.54, 1.807) is 23.9 Å². The minimum atomic E-state index is -3.47. The zero-order chi connectivity index (χ0) is 15.9. The van der Waals surface area contributed by atoms with Crippen LogP contribution in [0, 0.1) is 0 Å². The van der Waals surface area contributed by atoms with E-state index in [2.05, 4.69) is 10.0 Å². The maximum atomic E-state index is 12.5. The monoisotopic (exact) mass is 330 g/mol. The SMILES string of the molecule is CSCCC(C)NS(=O)(=O)c1ccccc1CNC(C)C. The fourth-order valence-corrected chi connectivity index (χ4v) is 4.01. The zero-order valence-corrected chi connectivity index (χ0v) is 14.9. The first-order valence-electron chi connectivity index (χ1n) is 7.19. The molecule has 1 unspecified atom stereocenters. The van der Waals surface area contributed by atoms with Crippen LogP contribution in [-0.4, -0.2) is 32.5 Å². The van der Waals surface area contributed by atoms with E-state index in [0.29, 0.717) is 17.5 Å². The molecule has 0 heterocycles.